The van der Waals surface area contributed by atoms with Crippen molar-refractivity contribution in [3.63, 3.8) is 0 Å². The zero-order valence-electron chi connectivity index (χ0n) is 15.5. The summed E-state index contributed by atoms with van der Waals surface area (Å²) < 4.78 is 7.64. The minimum Gasteiger partial charge on any atom is -0.494 e. The third-order valence-corrected chi connectivity index (χ3v) is 4.25. The lowest BCUT2D eigenvalue weighted by Gasteiger charge is -2.13. The number of amides is 1. The van der Waals surface area contributed by atoms with Crippen molar-refractivity contribution in [1.82, 2.24) is 14.9 Å². The first kappa shape index (κ1) is 18.0. The summed E-state index contributed by atoms with van der Waals surface area (Å²) in [5, 5.41) is 2.98. The van der Waals surface area contributed by atoms with Crippen LogP contribution in [0.25, 0.3) is 11.0 Å². The van der Waals surface area contributed by atoms with Crippen molar-refractivity contribution in [3.8, 4) is 5.75 Å². The summed E-state index contributed by atoms with van der Waals surface area (Å²) in [6, 6.07) is 15.7. The van der Waals surface area contributed by atoms with Gasteiger partial charge in [-0.1, -0.05) is 12.1 Å². The Balaban J connectivity index is 1.65. The number of benzene rings is 2. The summed E-state index contributed by atoms with van der Waals surface area (Å²) in [4.78, 5) is 17.0. The Bertz CT molecular complexity index is 882. The number of hydrogen-bond donors (Lipinski definition) is 1. The first-order valence-electron chi connectivity index (χ1n) is 9.07. The van der Waals surface area contributed by atoms with Gasteiger partial charge >= 0.3 is 0 Å². The van der Waals surface area contributed by atoms with E-state index in [0.717, 1.165) is 22.6 Å². The number of nitrogens with one attached hydrogen (secondary N) is 1. The largest absolute Gasteiger partial charge is 0.494 e. The molecule has 0 fully saturated rings. The fourth-order valence-electron chi connectivity index (χ4n) is 3.11. The molecule has 0 saturated heterocycles. The maximum Gasteiger partial charge on any atom is 0.251 e. The molecule has 136 valence electrons. The number of para-hydroxylation sites is 2. The number of aromatic nitrogens is 2. The lowest BCUT2D eigenvalue weighted by atomic mass is 10.2. The number of fused-ring (bicyclic) bond motifs is 1. The fourth-order valence-corrected chi connectivity index (χ4v) is 3.11. The Morgan fingerprint density at radius 1 is 1.15 bits per heavy atom. The Morgan fingerprint density at radius 3 is 2.58 bits per heavy atom. The van der Waals surface area contributed by atoms with E-state index >= 15 is 0 Å². The van der Waals surface area contributed by atoms with Crippen molar-refractivity contribution in [3.05, 3.63) is 59.9 Å². The second kappa shape index (κ2) is 8.04. The van der Waals surface area contributed by atoms with Gasteiger partial charge in [0.15, 0.2) is 0 Å². The minimum atomic E-state index is -0.0831. The maximum absolute atomic E-state index is 12.3. The van der Waals surface area contributed by atoms with Gasteiger partial charge < -0.3 is 14.6 Å². The molecule has 5 heteroatoms. The number of ether oxygens (including phenoxy) is 1. The second-order valence-electron chi connectivity index (χ2n) is 6.44. The van der Waals surface area contributed by atoms with Crippen LogP contribution in [0.4, 0.5) is 0 Å². The lowest BCUT2D eigenvalue weighted by Crippen LogP contribution is -2.26. The molecule has 2 aromatic carbocycles. The standard InChI is InChI=1S/C21H25N3O2/c1-4-26-17-11-9-16(10-12-17)21(25)22-14-13-20-23-18-7-5-6-8-19(18)24(20)15(2)3/h5-12,15H,4,13-14H2,1-3H3,(H,22,25). The molecule has 0 bridgehead atoms. The molecule has 0 radical (unpaired) electrons. The van der Waals surface area contributed by atoms with Crippen LogP contribution < -0.4 is 10.1 Å². The first-order valence-corrected chi connectivity index (χ1v) is 9.07. The SMILES string of the molecule is CCOc1ccc(C(=O)NCCc2nc3ccccc3n2C(C)C)cc1. The Labute approximate surface area is 154 Å². The quantitative estimate of drug-likeness (QED) is 0.700. The van der Waals surface area contributed by atoms with Crippen LogP contribution in [0.3, 0.4) is 0 Å². The van der Waals surface area contributed by atoms with Crippen LogP contribution in [-0.4, -0.2) is 28.6 Å². The lowest BCUT2D eigenvalue weighted by molar-refractivity contribution is 0.0954. The summed E-state index contributed by atoms with van der Waals surface area (Å²) in [6.07, 6.45) is 0.690. The zero-order chi connectivity index (χ0) is 18.5. The van der Waals surface area contributed by atoms with Gasteiger partial charge in [-0.05, 0) is 57.2 Å². The fraction of sp³-hybridized carbons (Fsp3) is 0.333. The molecule has 1 N–H and O–H groups in total. The molecule has 3 rings (SSSR count). The number of rotatable bonds is 7. The van der Waals surface area contributed by atoms with Crippen LogP contribution in [0, 0.1) is 0 Å². The summed E-state index contributed by atoms with van der Waals surface area (Å²) in [6.45, 7) is 7.39. The van der Waals surface area contributed by atoms with Crippen LogP contribution in [0.1, 0.15) is 43.0 Å². The molecule has 0 aliphatic carbocycles. The number of nitrogens with zero attached hydrogens (tertiary/aromatic N) is 2. The van der Waals surface area contributed by atoms with E-state index in [9.17, 15) is 4.79 Å². The van der Waals surface area contributed by atoms with Gasteiger partial charge in [-0.2, -0.15) is 0 Å². The molecule has 1 amide bonds. The predicted octanol–water partition coefficient (Wildman–Crippen LogP) is 3.99. The topological polar surface area (TPSA) is 56.1 Å². The number of carbonyl (C=O) groups excluding carboxylic acids is 1. The van der Waals surface area contributed by atoms with Crippen LogP contribution >= 0.6 is 0 Å². The van der Waals surface area contributed by atoms with Gasteiger partial charge in [-0.3, -0.25) is 4.79 Å². The van der Waals surface area contributed by atoms with E-state index in [1.807, 2.05) is 37.3 Å². The van der Waals surface area contributed by atoms with Gasteiger partial charge in [0, 0.05) is 24.6 Å². The molecule has 0 saturated carbocycles. The Hall–Kier alpha value is -2.82. The smallest absolute Gasteiger partial charge is 0.251 e. The monoisotopic (exact) mass is 351 g/mol. The van der Waals surface area contributed by atoms with Crippen molar-refractivity contribution < 1.29 is 9.53 Å². The molecule has 0 spiro atoms. The van der Waals surface area contributed by atoms with E-state index in [1.54, 1.807) is 12.1 Å². The molecule has 3 aromatic rings. The average Bonchev–Trinajstić information content (AvgIpc) is 3.01. The van der Waals surface area contributed by atoms with Gasteiger partial charge in [0.2, 0.25) is 0 Å². The molecule has 1 heterocycles. The van der Waals surface area contributed by atoms with Crippen molar-refractivity contribution in [2.24, 2.45) is 0 Å². The van der Waals surface area contributed by atoms with Crippen molar-refractivity contribution in [1.29, 1.82) is 0 Å². The van der Waals surface area contributed by atoms with Crippen LogP contribution in [-0.2, 0) is 6.42 Å². The highest BCUT2D eigenvalue weighted by Gasteiger charge is 2.13. The van der Waals surface area contributed by atoms with E-state index in [4.69, 9.17) is 9.72 Å². The molecular formula is C21H25N3O2. The summed E-state index contributed by atoms with van der Waals surface area (Å²) in [7, 11) is 0. The van der Waals surface area contributed by atoms with Gasteiger partial charge in [0.25, 0.3) is 5.91 Å². The molecular weight excluding hydrogens is 326 g/mol. The van der Waals surface area contributed by atoms with Crippen LogP contribution in [0.2, 0.25) is 0 Å². The van der Waals surface area contributed by atoms with Gasteiger partial charge in [-0.25, -0.2) is 4.98 Å². The van der Waals surface area contributed by atoms with E-state index in [-0.39, 0.29) is 5.91 Å². The predicted molar refractivity (Wildman–Crippen MR) is 104 cm³/mol. The highest BCUT2D eigenvalue weighted by atomic mass is 16.5. The van der Waals surface area contributed by atoms with Crippen LogP contribution in [0.15, 0.2) is 48.5 Å². The molecule has 0 atom stereocenters. The Morgan fingerprint density at radius 2 is 1.88 bits per heavy atom. The number of carbonyl (C=O) groups is 1. The van der Waals surface area contributed by atoms with E-state index in [2.05, 4.69) is 29.8 Å². The van der Waals surface area contributed by atoms with Crippen molar-refractivity contribution >= 4 is 16.9 Å². The minimum absolute atomic E-state index is 0.0831. The highest BCUT2D eigenvalue weighted by molar-refractivity contribution is 5.94. The third-order valence-electron chi connectivity index (χ3n) is 4.25. The third kappa shape index (κ3) is 3.87. The molecule has 0 aliphatic rings. The van der Waals surface area contributed by atoms with Crippen molar-refractivity contribution in [2.45, 2.75) is 33.2 Å². The second-order valence-corrected chi connectivity index (χ2v) is 6.44. The molecule has 0 aliphatic heterocycles. The Kier molecular flexibility index (Phi) is 5.56. The van der Waals surface area contributed by atoms with E-state index in [1.165, 1.54) is 0 Å². The van der Waals surface area contributed by atoms with Gasteiger partial charge in [0.05, 0.1) is 17.6 Å². The average molecular weight is 351 g/mol. The summed E-state index contributed by atoms with van der Waals surface area (Å²) >= 11 is 0. The molecule has 1 aromatic heterocycles. The highest BCUT2D eigenvalue weighted by Crippen LogP contribution is 2.21. The van der Waals surface area contributed by atoms with Crippen molar-refractivity contribution in [2.75, 3.05) is 13.2 Å². The number of imidazole rings is 1. The molecule has 26 heavy (non-hydrogen) atoms. The zero-order valence-corrected chi connectivity index (χ0v) is 15.5. The first-order chi connectivity index (χ1) is 12.6. The summed E-state index contributed by atoms with van der Waals surface area (Å²) in [5.74, 6) is 1.68. The maximum atomic E-state index is 12.3. The molecule has 5 nitrogen and oxygen atoms in total. The number of hydrogen-bond acceptors (Lipinski definition) is 3. The van der Waals surface area contributed by atoms with E-state index < -0.39 is 0 Å². The van der Waals surface area contributed by atoms with Crippen LogP contribution in [0.5, 0.6) is 5.75 Å². The van der Waals surface area contributed by atoms with Gasteiger partial charge in [0.1, 0.15) is 11.6 Å². The summed E-state index contributed by atoms with van der Waals surface area (Å²) in [5.41, 5.74) is 2.76. The van der Waals surface area contributed by atoms with E-state index in [0.29, 0.717) is 31.2 Å². The normalized spacial score (nSPS) is 11.1. The molecule has 0 unspecified atom stereocenters. The van der Waals surface area contributed by atoms with Gasteiger partial charge in [-0.15, -0.1) is 0 Å².